The lowest BCUT2D eigenvalue weighted by atomic mass is 9.71. The third-order valence-electron chi connectivity index (χ3n) is 5.34. The van der Waals surface area contributed by atoms with E-state index >= 15 is 0 Å². The van der Waals surface area contributed by atoms with E-state index in [1.165, 1.54) is 22.8 Å². The predicted molar refractivity (Wildman–Crippen MR) is 118 cm³/mol. The van der Waals surface area contributed by atoms with Crippen LogP contribution in [-0.2, 0) is 24.4 Å². The van der Waals surface area contributed by atoms with Crippen LogP contribution in [0.5, 0.6) is 0 Å². The minimum atomic E-state index is -0.310. The second kappa shape index (κ2) is 10.6. The number of rotatable bonds is 8. The molecule has 1 unspecified atom stereocenters. The Labute approximate surface area is 175 Å². The Bertz CT molecular complexity index is 799. The lowest BCUT2D eigenvalue weighted by Crippen LogP contribution is -2.27. The van der Waals surface area contributed by atoms with E-state index < -0.39 is 0 Å². The van der Waals surface area contributed by atoms with E-state index in [9.17, 15) is 4.79 Å². The molecule has 0 fully saturated rings. The van der Waals surface area contributed by atoms with Crippen molar-refractivity contribution in [2.24, 2.45) is 0 Å². The molecule has 158 valence electrons. The van der Waals surface area contributed by atoms with E-state index in [1.807, 2.05) is 19.1 Å². The van der Waals surface area contributed by atoms with Crippen molar-refractivity contribution in [2.75, 3.05) is 20.5 Å². The molecule has 0 bridgehead atoms. The lowest BCUT2D eigenvalue weighted by molar-refractivity contribution is -0.137. The number of esters is 1. The summed E-state index contributed by atoms with van der Waals surface area (Å²) in [5.74, 6) is -0.310. The number of hydrogen-bond donors (Lipinski definition) is 0. The summed E-state index contributed by atoms with van der Waals surface area (Å²) in [6.07, 6.45) is 9.58. The van der Waals surface area contributed by atoms with E-state index in [0.717, 1.165) is 24.0 Å². The molecule has 0 saturated carbocycles. The lowest BCUT2D eigenvalue weighted by Gasteiger charge is -2.37. The number of benzene rings is 1. The largest absolute Gasteiger partial charge is 0.463 e. The van der Waals surface area contributed by atoms with Crippen LogP contribution in [0.15, 0.2) is 48.1 Å². The predicted octanol–water partition coefficient (Wildman–Crippen LogP) is 5.89. The molecule has 0 saturated heterocycles. The minimum Gasteiger partial charge on any atom is -0.463 e. The summed E-state index contributed by atoms with van der Waals surface area (Å²) in [4.78, 5) is 11.5. The van der Waals surface area contributed by atoms with Crippen LogP contribution in [0.1, 0.15) is 70.3 Å². The highest BCUT2D eigenvalue weighted by Crippen LogP contribution is 2.43. The molecule has 2 rings (SSSR count). The number of allylic oxidation sites excluding steroid dienone is 5. The van der Waals surface area contributed by atoms with Gasteiger partial charge in [-0.1, -0.05) is 44.2 Å². The molecule has 1 aliphatic rings. The van der Waals surface area contributed by atoms with Crippen LogP contribution >= 0.6 is 0 Å². The molecular formula is C25H34O4. The van der Waals surface area contributed by atoms with Crippen LogP contribution in [0.25, 0.3) is 5.57 Å². The molecule has 1 aliphatic carbocycles. The van der Waals surface area contributed by atoms with Gasteiger partial charge in [-0.3, -0.25) is 0 Å². The van der Waals surface area contributed by atoms with E-state index in [-0.39, 0.29) is 17.5 Å². The highest BCUT2D eigenvalue weighted by atomic mass is 16.7. The molecule has 0 aromatic heterocycles. The number of carbonyl (C=O) groups is 1. The van der Waals surface area contributed by atoms with E-state index in [1.54, 1.807) is 14.0 Å². The summed E-state index contributed by atoms with van der Waals surface area (Å²) in [5, 5.41) is 0. The third kappa shape index (κ3) is 6.41. The van der Waals surface area contributed by atoms with Gasteiger partial charge in [0.1, 0.15) is 6.79 Å². The van der Waals surface area contributed by atoms with Gasteiger partial charge >= 0.3 is 5.97 Å². The van der Waals surface area contributed by atoms with E-state index in [0.29, 0.717) is 13.4 Å². The van der Waals surface area contributed by atoms with Gasteiger partial charge in [0.25, 0.3) is 0 Å². The van der Waals surface area contributed by atoms with E-state index in [2.05, 4.69) is 45.0 Å². The highest BCUT2D eigenvalue weighted by molar-refractivity contribution is 5.83. The molecule has 29 heavy (non-hydrogen) atoms. The number of ether oxygens (including phenoxy) is 3. The first kappa shape index (κ1) is 23.1. The average molecular weight is 399 g/mol. The monoisotopic (exact) mass is 398 g/mol. The van der Waals surface area contributed by atoms with Crippen molar-refractivity contribution >= 4 is 11.5 Å². The molecule has 1 aromatic rings. The summed E-state index contributed by atoms with van der Waals surface area (Å²) >= 11 is 0. The summed E-state index contributed by atoms with van der Waals surface area (Å²) < 4.78 is 16.0. The molecule has 0 N–H and O–H groups in total. The fourth-order valence-corrected chi connectivity index (χ4v) is 3.65. The van der Waals surface area contributed by atoms with Gasteiger partial charge in [0, 0.05) is 13.2 Å². The van der Waals surface area contributed by atoms with Crippen molar-refractivity contribution in [3.63, 3.8) is 0 Å². The Kier molecular flexibility index (Phi) is 8.42. The molecule has 0 radical (unpaired) electrons. The molecule has 0 heterocycles. The Morgan fingerprint density at radius 3 is 2.72 bits per heavy atom. The quantitative estimate of drug-likeness (QED) is 0.237. The molecule has 0 spiro atoms. The first-order valence-electron chi connectivity index (χ1n) is 10.2. The normalized spacial score (nSPS) is 19.3. The van der Waals surface area contributed by atoms with Crippen LogP contribution < -0.4 is 0 Å². The molecule has 1 atom stereocenters. The van der Waals surface area contributed by atoms with Gasteiger partial charge in [-0.25, -0.2) is 4.79 Å². The van der Waals surface area contributed by atoms with Gasteiger partial charge in [-0.2, -0.15) is 0 Å². The fraction of sp³-hybridized carbons (Fsp3) is 0.480. The molecule has 0 amide bonds. The molecular weight excluding hydrogens is 364 g/mol. The summed E-state index contributed by atoms with van der Waals surface area (Å²) in [6.45, 7) is 11.1. The van der Waals surface area contributed by atoms with Gasteiger partial charge < -0.3 is 14.2 Å². The third-order valence-corrected chi connectivity index (χ3v) is 5.34. The van der Waals surface area contributed by atoms with Gasteiger partial charge in [-0.15, -0.1) is 0 Å². The minimum absolute atomic E-state index is 0.0658. The fourth-order valence-electron chi connectivity index (χ4n) is 3.65. The number of fused-ring (bicyclic) bond motifs is 1. The van der Waals surface area contributed by atoms with Crippen molar-refractivity contribution in [1.29, 1.82) is 0 Å². The van der Waals surface area contributed by atoms with Gasteiger partial charge in [0.05, 0.1) is 12.7 Å². The van der Waals surface area contributed by atoms with Crippen LogP contribution in [-0.4, -0.2) is 26.5 Å². The number of carbonyl (C=O) groups excluding carboxylic acids is 1. The van der Waals surface area contributed by atoms with Gasteiger partial charge in [-0.05, 0) is 72.9 Å². The summed E-state index contributed by atoms with van der Waals surface area (Å²) in [6, 6.07) is 6.66. The standard InChI is InChI=1S/C25H34O4/c1-7-28-24(26)15-18(2)9-8-10-19(3)20-11-12-22-21(16-20)23(29-17-27-6)13-14-25(22,4)5/h8-12,15-16,23H,7,13-14,17H2,1-6H3/b9-8+,18-15+,19-10+. The Morgan fingerprint density at radius 2 is 2.03 bits per heavy atom. The van der Waals surface area contributed by atoms with Gasteiger partial charge in [0.15, 0.2) is 0 Å². The van der Waals surface area contributed by atoms with Crippen LogP contribution in [0.4, 0.5) is 0 Å². The number of hydrogen-bond acceptors (Lipinski definition) is 4. The molecule has 1 aromatic carbocycles. The topological polar surface area (TPSA) is 44.8 Å². The SMILES string of the molecule is CCOC(=O)/C=C(C)/C=C/C=C(\C)c1ccc2c(c1)C(OCOC)CCC2(C)C. The van der Waals surface area contributed by atoms with Crippen molar-refractivity contribution in [3.05, 3.63) is 64.8 Å². The molecule has 0 aliphatic heterocycles. The number of methoxy groups -OCH3 is 1. The maximum Gasteiger partial charge on any atom is 0.330 e. The zero-order chi connectivity index (χ0) is 21.4. The van der Waals surface area contributed by atoms with Crippen LogP contribution in [0, 0.1) is 0 Å². The highest BCUT2D eigenvalue weighted by Gasteiger charge is 2.33. The second-order valence-corrected chi connectivity index (χ2v) is 8.14. The Morgan fingerprint density at radius 1 is 1.28 bits per heavy atom. The Balaban J connectivity index is 2.23. The van der Waals surface area contributed by atoms with Crippen molar-refractivity contribution in [3.8, 4) is 0 Å². The zero-order valence-electron chi connectivity index (χ0n) is 18.6. The first-order chi connectivity index (χ1) is 13.8. The van der Waals surface area contributed by atoms with Gasteiger partial charge in [0.2, 0.25) is 0 Å². The van der Waals surface area contributed by atoms with Crippen molar-refractivity contribution in [2.45, 2.75) is 59.0 Å². The second-order valence-electron chi connectivity index (χ2n) is 8.14. The Hall–Kier alpha value is -2.17. The first-order valence-corrected chi connectivity index (χ1v) is 10.2. The van der Waals surface area contributed by atoms with Crippen molar-refractivity contribution in [1.82, 2.24) is 0 Å². The maximum absolute atomic E-state index is 11.5. The van der Waals surface area contributed by atoms with E-state index in [4.69, 9.17) is 14.2 Å². The summed E-state index contributed by atoms with van der Waals surface area (Å²) in [5.41, 5.74) is 5.93. The summed E-state index contributed by atoms with van der Waals surface area (Å²) in [7, 11) is 1.65. The maximum atomic E-state index is 11.5. The molecule has 4 nitrogen and oxygen atoms in total. The van der Waals surface area contributed by atoms with Crippen molar-refractivity contribution < 1.29 is 19.0 Å². The van der Waals surface area contributed by atoms with Crippen LogP contribution in [0.2, 0.25) is 0 Å². The van der Waals surface area contributed by atoms with Crippen LogP contribution in [0.3, 0.4) is 0 Å². The zero-order valence-corrected chi connectivity index (χ0v) is 18.6. The smallest absolute Gasteiger partial charge is 0.330 e. The molecule has 4 heteroatoms. The average Bonchev–Trinajstić information content (AvgIpc) is 2.67.